The Balaban J connectivity index is 2.09. The van der Waals surface area contributed by atoms with Crippen molar-refractivity contribution in [2.24, 2.45) is 0 Å². The molecule has 0 spiro atoms. The van der Waals surface area contributed by atoms with E-state index in [9.17, 15) is 0 Å². The summed E-state index contributed by atoms with van der Waals surface area (Å²) >= 11 is 5.34. The van der Waals surface area contributed by atoms with Crippen molar-refractivity contribution in [1.82, 2.24) is 5.32 Å². The first kappa shape index (κ1) is 12.9. The van der Waals surface area contributed by atoms with Gasteiger partial charge in [0, 0.05) is 15.8 Å². The van der Waals surface area contributed by atoms with Crippen LogP contribution in [0.3, 0.4) is 0 Å². The SMILES string of the molecule is CCCNCCC=CCc1sccc1Br. The van der Waals surface area contributed by atoms with E-state index in [0.29, 0.717) is 0 Å². The van der Waals surface area contributed by atoms with Crippen molar-refractivity contribution < 1.29 is 0 Å². The number of allylic oxidation sites excluding steroid dienone is 1. The summed E-state index contributed by atoms with van der Waals surface area (Å²) in [7, 11) is 0. The first-order chi connectivity index (χ1) is 7.34. The average molecular weight is 288 g/mol. The molecule has 1 aromatic heterocycles. The lowest BCUT2D eigenvalue weighted by Gasteiger charge is -1.98. The summed E-state index contributed by atoms with van der Waals surface area (Å²) in [5.41, 5.74) is 0. The van der Waals surface area contributed by atoms with Crippen LogP contribution in [0.5, 0.6) is 0 Å². The van der Waals surface area contributed by atoms with Crippen LogP contribution >= 0.6 is 27.3 Å². The van der Waals surface area contributed by atoms with E-state index >= 15 is 0 Å². The molecule has 1 aromatic rings. The van der Waals surface area contributed by atoms with Crippen LogP contribution < -0.4 is 5.32 Å². The Kier molecular flexibility index (Phi) is 6.98. The average Bonchev–Trinajstić information content (AvgIpc) is 2.63. The maximum Gasteiger partial charge on any atom is 0.0317 e. The first-order valence-electron chi connectivity index (χ1n) is 5.42. The molecule has 0 fully saturated rings. The second-order valence-electron chi connectivity index (χ2n) is 3.41. The first-order valence-corrected chi connectivity index (χ1v) is 7.09. The fourth-order valence-electron chi connectivity index (χ4n) is 1.27. The van der Waals surface area contributed by atoms with Crippen molar-refractivity contribution in [1.29, 1.82) is 0 Å². The minimum atomic E-state index is 1.05. The molecule has 1 heterocycles. The van der Waals surface area contributed by atoms with Crippen LogP contribution in [0.25, 0.3) is 0 Å². The van der Waals surface area contributed by atoms with Gasteiger partial charge in [-0.15, -0.1) is 11.3 Å². The van der Waals surface area contributed by atoms with E-state index < -0.39 is 0 Å². The van der Waals surface area contributed by atoms with Gasteiger partial charge in [0.05, 0.1) is 0 Å². The molecular formula is C12H18BrNS. The molecule has 1 N–H and O–H groups in total. The fraction of sp³-hybridized carbons (Fsp3) is 0.500. The number of halogens is 1. The summed E-state index contributed by atoms with van der Waals surface area (Å²) < 4.78 is 1.24. The Labute approximate surface area is 105 Å². The van der Waals surface area contributed by atoms with Gasteiger partial charge in [-0.1, -0.05) is 19.1 Å². The summed E-state index contributed by atoms with van der Waals surface area (Å²) in [6.07, 6.45) is 7.90. The molecule has 0 unspecified atom stereocenters. The Morgan fingerprint density at radius 1 is 1.40 bits per heavy atom. The third-order valence-corrected chi connectivity index (χ3v) is 4.02. The molecule has 3 heteroatoms. The van der Waals surface area contributed by atoms with E-state index in [0.717, 1.165) is 25.9 Å². The van der Waals surface area contributed by atoms with Crippen LogP contribution in [0.2, 0.25) is 0 Å². The van der Waals surface area contributed by atoms with Gasteiger partial charge in [0.25, 0.3) is 0 Å². The standard InChI is InChI=1S/C12H18BrNS/c1-2-8-14-9-5-3-4-6-12-11(13)7-10-15-12/h3-4,7,10,14H,2,5-6,8-9H2,1H3. The van der Waals surface area contributed by atoms with Gasteiger partial charge in [0.15, 0.2) is 0 Å². The smallest absolute Gasteiger partial charge is 0.0317 e. The zero-order valence-corrected chi connectivity index (χ0v) is 11.5. The molecule has 15 heavy (non-hydrogen) atoms. The highest BCUT2D eigenvalue weighted by Crippen LogP contribution is 2.23. The third-order valence-electron chi connectivity index (χ3n) is 2.08. The molecule has 0 aliphatic carbocycles. The Hall–Kier alpha value is -0.120. The van der Waals surface area contributed by atoms with Gasteiger partial charge in [-0.05, 0) is 53.3 Å². The normalized spacial score (nSPS) is 11.3. The highest BCUT2D eigenvalue weighted by Gasteiger charge is 1.96. The van der Waals surface area contributed by atoms with Crippen molar-refractivity contribution in [3.63, 3.8) is 0 Å². The Bertz CT molecular complexity index is 294. The maximum absolute atomic E-state index is 3.53. The molecule has 0 aliphatic heterocycles. The quantitative estimate of drug-likeness (QED) is 0.590. The number of rotatable bonds is 7. The van der Waals surface area contributed by atoms with Crippen molar-refractivity contribution in [2.75, 3.05) is 13.1 Å². The zero-order valence-electron chi connectivity index (χ0n) is 9.13. The van der Waals surface area contributed by atoms with E-state index in [1.807, 2.05) is 11.3 Å². The predicted molar refractivity (Wildman–Crippen MR) is 72.6 cm³/mol. The minimum absolute atomic E-state index is 1.05. The molecule has 1 rings (SSSR count). The topological polar surface area (TPSA) is 12.0 Å². The lowest BCUT2D eigenvalue weighted by molar-refractivity contribution is 0.678. The van der Waals surface area contributed by atoms with Gasteiger partial charge in [-0.3, -0.25) is 0 Å². The van der Waals surface area contributed by atoms with E-state index in [1.165, 1.54) is 15.8 Å². The minimum Gasteiger partial charge on any atom is -0.316 e. The van der Waals surface area contributed by atoms with Gasteiger partial charge in [0.1, 0.15) is 0 Å². The molecule has 0 amide bonds. The number of hydrogen-bond acceptors (Lipinski definition) is 2. The van der Waals surface area contributed by atoms with Crippen molar-refractivity contribution >= 4 is 27.3 Å². The largest absolute Gasteiger partial charge is 0.316 e. The molecule has 0 saturated carbocycles. The van der Waals surface area contributed by atoms with Crippen molar-refractivity contribution in [3.8, 4) is 0 Å². The monoisotopic (exact) mass is 287 g/mol. The van der Waals surface area contributed by atoms with Crippen LogP contribution in [0, 0.1) is 0 Å². The highest BCUT2D eigenvalue weighted by atomic mass is 79.9. The lowest BCUT2D eigenvalue weighted by atomic mass is 10.3. The van der Waals surface area contributed by atoms with E-state index in [4.69, 9.17) is 0 Å². The zero-order chi connectivity index (χ0) is 10.9. The molecule has 0 radical (unpaired) electrons. The fourth-order valence-corrected chi connectivity index (χ4v) is 2.76. The second-order valence-corrected chi connectivity index (χ2v) is 5.26. The van der Waals surface area contributed by atoms with Crippen LogP contribution in [0.4, 0.5) is 0 Å². The van der Waals surface area contributed by atoms with Gasteiger partial charge in [0.2, 0.25) is 0 Å². The van der Waals surface area contributed by atoms with Gasteiger partial charge in [-0.25, -0.2) is 0 Å². The highest BCUT2D eigenvalue weighted by molar-refractivity contribution is 9.10. The van der Waals surface area contributed by atoms with Crippen LogP contribution in [0.1, 0.15) is 24.6 Å². The molecule has 84 valence electrons. The molecule has 0 saturated heterocycles. The van der Waals surface area contributed by atoms with Crippen molar-refractivity contribution in [2.45, 2.75) is 26.2 Å². The number of hydrogen-bond donors (Lipinski definition) is 1. The van der Waals surface area contributed by atoms with Crippen LogP contribution in [-0.2, 0) is 6.42 Å². The van der Waals surface area contributed by atoms with Gasteiger partial charge in [-0.2, -0.15) is 0 Å². The molecule has 0 aliphatic rings. The van der Waals surface area contributed by atoms with E-state index in [2.05, 4.69) is 51.8 Å². The molecule has 0 atom stereocenters. The van der Waals surface area contributed by atoms with Gasteiger partial charge >= 0.3 is 0 Å². The predicted octanol–water partition coefficient (Wildman–Crippen LogP) is 4.00. The summed E-state index contributed by atoms with van der Waals surface area (Å²) in [5, 5.41) is 5.50. The number of thiophene rings is 1. The summed E-state index contributed by atoms with van der Waals surface area (Å²) in [6, 6.07) is 2.11. The Morgan fingerprint density at radius 3 is 2.93 bits per heavy atom. The van der Waals surface area contributed by atoms with E-state index in [-0.39, 0.29) is 0 Å². The summed E-state index contributed by atoms with van der Waals surface area (Å²) in [6.45, 7) is 4.41. The molecule has 0 aromatic carbocycles. The summed E-state index contributed by atoms with van der Waals surface area (Å²) in [4.78, 5) is 1.41. The summed E-state index contributed by atoms with van der Waals surface area (Å²) in [5.74, 6) is 0. The molecular weight excluding hydrogens is 270 g/mol. The third kappa shape index (κ3) is 5.50. The van der Waals surface area contributed by atoms with Crippen LogP contribution in [-0.4, -0.2) is 13.1 Å². The van der Waals surface area contributed by atoms with Crippen molar-refractivity contribution in [3.05, 3.63) is 32.9 Å². The van der Waals surface area contributed by atoms with Gasteiger partial charge < -0.3 is 5.32 Å². The van der Waals surface area contributed by atoms with E-state index in [1.54, 1.807) is 0 Å². The molecule has 1 nitrogen and oxygen atoms in total. The van der Waals surface area contributed by atoms with Crippen LogP contribution in [0.15, 0.2) is 28.1 Å². The lowest BCUT2D eigenvalue weighted by Crippen LogP contribution is -2.14. The molecule has 0 bridgehead atoms. The number of nitrogens with one attached hydrogen (secondary N) is 1. The second kappa shape index (κ2) is 8.08. The Morgan fingerprint density at radius 2 is 2.27 bits per heavy atom. The maximum atomic E-state index is 3.53.